The van der Waals surface area contributed by atoms with E-state index < -0.39 is 0 Å². The summed E-state index contributed by atoms with van der Waals surface area (Å²) >= 11 is 0. The second-order valence-electron chi connectivity index (χ2n) is 3.76. The van der Waals surface area contributed by atoms with E-state index in [-0.39, 0.29) is 5.91 Å². The van der Waals surface area contributed by atoms with Crippen LogP contribution in [0.4, 0.5) is 0 Å². The predicted molar refractivity (Wildman–Crippen MR) is 62.7 cm³/mol. The zero-order chi connectivity index (χ0) is 12.3. The highest BCUT2D eigenvalue weighted by atomic mass is 16.5. The molecule has 1 rings (SSSR count). The highest BCUT2D eigenvalue weighted by Gasteiger charge is 2.15. The molecule has 1 aliphatic heterocycles. The number of hydrogen-bond donors (Lipinski definition) is 1. The molecule has 100 valence electrons. The first kappa shape index (κ1) is 14.4. The average molecular weight is 246 g/mol. The van der Waals surface area contributed by atoms with Crippen molar-refractivity contribution in [2.45, 2.75) is 6.42 Å². The Hall–Kier alpha value is -0.690. The van der Waals surface area contributed by atoms with Gasteiger partial charge in [-0.3, -0.25) is 4.79 Å². The molecule has 0 spiro atoms. The summed E-state index contributed by atoms with van der Waals surface area (Å²) < 4.78 is 15.6. The van der Waals surface area contributed by atoms with Gasteiger partial charge in [-0.1, -0.05) is 0 Å². The summed E-state index contributed by atoms with van der Waals surface area (Å²) in [5, 5.41) is 0. The van der Waals surface area contributed by atoms with Gasteiger partial charge >= 0.3 is 0 Å². The van der Waals surface area contributed by atoms with E-state index in [0.29, 0.717) is 65.7 Å². The Labute approximate surface area is 102 Å². The maximum atomic E-state index is 11.7. The number of carbonyl (C=O) groups is 1. The minimum absolute atomic E-state index is 0.135. The van der Waals surface area contributed by atoms with E-state index in [1.54, 1.807) is 0 Å². The van der Waals surface area contributed by atoms with Crippen molar-refractivity contribution in [2.75, 3.05) is 59.3 Å². The molecule has 0 aromatic heterocycles. The Morgan fingerprint density at radius 1 is 1.12 bits per heavy atom. The van der Waals surface area contributed by atoms with Crippen LogP contribution in [0.15, 0.2) is 0 Å². The fourth-order valence-electron chi connectivity index (χ4n) is 1.54. The van der Waals surface area contributed by atoms with Crippen LogP contribution in [0.25, 0.3) is 0 Å². The van der Waals surface area contributed by atoms with Crippen LogP contribution < -0.4 is 5.73 Å². The van der Waals surface area contributed by atoms with Gasteiger partial charge < -0.3 is 24.8 Å². The number of hydrogen-bond acceptors (Lipinski definition) is 5. The summed E-state index contributed by atoms with van der Waals surface area (Å²) in [4.78, 5) is 13.5. The summed E-state index contributed by atoms with van der Waals surface area (Å²) in [7, 11) is 0. The lowest BCUT2D eigenvalue weighted by Crippen LogP contribution is -2.41. The van der Waals surface area contributed by atoms with Crippen molar-refractivity contribution in [1.29, 1.82) is 0 Å². The monoisotopic (exact) mass is 246 g/mol. The summed E-state index contributed by atoms with van der Waals surface area (Å²) in [6.45, 7) is 5.23. The number of rotatable bonds is 8. The number of carbonyl (C=O) groups excluding carboxylic acids is 1. The molecule has 0 saturated carbocycles. The van der Waals surface area contributed by atoms with Crippen molar-refractivity contribution in [3.63, 3.8) is 0 Å². The second-order valence-corrected chi connectivity index (χ2v) is 3.76. The quantitative estimate of drug-likeness (QED) is 0.569. The summed E-state index contributed by atoms with van der Waals surface area (Å²) in [5.41, 5.74) is 5.27. The number of ether oxygens (including phenoxy) is 3. The van der Waals surface area contributed by atoms with Crippen LogP contribution in [0, 0.1) is 0 Å². The molecule has 0 atom stereocenters. The Morgan fingerprint density at radius 2 is 1.76 bits per heavy atom. The van der Waals surface area contributed by atoms with Crippen LogP contribution in [-0.2, 0) is 19.0 Å². The normalized spacial score (nSPS) is 16.2. The van der Waals surface area contributed by atoms with Crippen molar-refractivity contribution in [1.82, 2.24) is 4.90 Å². The summed E-state index contributed by atoms with van der Waals surface area (Å²) in [6.07, 6.45) is 0.427. The van der Waals surface area contributed by atoms with Gasteiger partial charge in [0.1, 0.15) is 0 Å². The number of morpholine rings is 1. The second kappa shape index (κ2) is 9.35. The molecule has 0 bridgehead atoms. The van der Waals surface area contributed by atoms with Crippen LogP contribution in [0.1, 0.15) is 6.42 Å². The first-order valence-electron chi connectivity index (χ1n) is 6.05. The molecule has 1 amide bonds. The minimum atomic E-state index is 0.135. The van der Waals surface area contributed by atoms with E-state index in [4.69, 9.17) is 19.9 Å². The molecule has 1 aliphatic rings. The van der Waals surface area contributed by atoms with E-state index in [2.05, 4.69) is 0 Å². The molecule has 1 fully saturated rings. The van der Waals surface area contributed by atoms with Crippen LogP contribution in [0.5, 0.6) is 0 Å². The van der Waals surface area contributed by atoms with E-state index in [0.717, 1.165) is 0 Å². The van der Waals surface area contributed by atoms with E-state index in [1.807, 2.05) is 4.90 Å². The van der Waals surface area contributed by atoms with Crippen molar-refractivity contribution in [3.05, 3.63) is 0 Å². The van der Waals surface area contributed by atoms with Gasteiger partial charge in [-0.05, 0) is 0 Å². The number of nitrogens with two attached hydrogens (primary N) is 1. The number of nitrogens with zero attached hydrogens (tertiary/aromatic N) is 1. The maximum absolute atomic E-state index is 11.7. The zero-order valence-corrected chi connectivity index (χ0v) is 10.2. The molecule has 0 aromatic carbocycles. The molecule has 1 heterocycles. The van der Waals surface area contributed by atoms with Crippen LogP contribution in [0.2, 0.25) is 0 Å². The SMILES string of the molecule is NCCOCCOCCC(=O)N1CCOCC1. The smallest absolute Gasteiger partial charge is 0.225 e. The summed E-state index contributed by atoms with van der Waals surface area (Å²) in [6, 6.07) is 0. The van der Waals surface area contributed by atoms with Gasteiger partial charge in [0.2, 0.25) is 5.91 Å². The number of amides is 1. The molecule has 6 nitrogen and oxygen atoms in total. The zero-order valence-electron chi connectivity index (χ0n) is 10.2. The van der Waals surface area contributed by atoms with Gasteiger partial charge in [0.15, 0.2) is 0 Å². The molecule has 0 aliphatic carbocycles. The van der Waals surface area contributed by atoms with Crippen molar-refractivity contribution in [2.24, 2.45) is 5.73 Å². The van der Waals surface area contributed by atoms with Gasteiger partial charge in [0.25, 0.3) is 0 Å². The first-order chi connectivity index (χ1) is 8.34. The lowest BCUT2D eigenvalue weighted by atomic mass is 10.3. The third kappa shape index (κ3) is 6.58. The Balaban J connectivity index is 1.92. The van der Waals surface area contributed by atoms with Crippen molar-refractivity contribution >= 4 is 5.91 Å². The fraction of sp³-hybridized carbons (Fsp3) is 0.909. The largest absolute Gasteiger partial charge is 0.379 e. The molecule has 0 aromatic rings. The minimum Gasteiger partial charge on any atom is -0.379 e. The van der Waals surface area contributed by atoms with Gasteiger partial charge in [-0.15, -0.1) is 0 Å². The molecule has 0 radical (unpaired) electrons. The molecular formula is C11H22N2O4. The lowest BCUT2D eigenvalue weighted by Gasteiger charge is -2.26. The van der Waals surface area contributed by atoms with Crippen molar-refractivity contribution < 1.29 is 19.0 Å². The standard InChI is InChI=1S/C11H22N2O4/c12-2-6-16-10-9-15-5-1-11(14)13-3-7-17-8-4-13/h1-10,12H2. The highest BCUT2D eigenvalue weighted by molar-refractivity contribution is 5.76. The average Bonchev–Trinajstić information content (AvgIpc) is 2.38. The van der Waals surface area contributed by atoms with E-state index in [1.165, 1.54) is 0 Å². The Morgan fingerprint density at radius 3 is 2.41 bits per heavy atom. The fourth-order valence-corrected chi connectivity index (χ4v) is 1.54. The van der Waals surface area contributed by atoms with Crippen LogP contribution >= 0.6 is 0 Å². The summed E-state index contributed by atoms with van der Waals surface area (Å²) in [5.74, 6) is 0.135. The molecule has 6 heteroatoms. The Kier molecular flexibility index (Phi) is 7.91. The molecular weight excluding hydrogens is 224 g/mol. The topological polar surface area (TPSA) is 74.0 Å². The Bertz CT molecular complexity index is 208. The first-order valence-corrected chi connectivity index (χ1v) is 6.05. The highest BCUT2D eigenvalue weighted by Crippen LogP contribution is 2.00. The van der Waals surface area contributed by atoms with E-state index >= 15 is 0 Å². The molecule has 1 saturated heterocycles. The lowest BCUT2D eigenvalue weighted by molar-refractivity contribution is -0.136. The van der Waals surface area contributed by atoms with Crippen LogP contribution in [-0.4, -0.2) is 70.1 Å². The third-order valence-corrected chi connectivity index (χ3v) is 2.46. The molecule has 2 N–H and O–H groups in total. The molecule has 17 heavy (non-hydrogen) atoms. The van der Waals surface area contributed by atoms with Crippen LogP contribution in [0.3, 0.4) is 0 Å². The third-order valence-electron chi connectivity index (χ3n) is 2.46. The van der Waals surface area contributed by atoms with E-state index in [9.17, 15) is 4.79 Å². The van der Waals surface area contributed by atoms with Gasteiger partial charge in [-0.2, -0.15) is 0 Å². The van der Waals surface area contributed by atoms with Gasteiger partial charge in [0.05, 0.1) is 46.1 Å². The predicted octanol–water partition coefficient (Wildman–Crippen LogP) is -0.773. The van der Waals surface area contributed by atoms with Gasteiger partial charge in [-0.25, -0.2) is 0 Å². The maximum Gasteiger partial charge on any atom is 0.225 e. The van der Waals surface area contributed by atoms with Crippen molar-refractivity contribution in [3.8, 4) is 0 Å². The van der Waals surface area contributed by atoms with Gasteiger partial charge in [0, 0.05) is 19.6 Å². The molecule has 0 unspecified atom stereocenters.